The molecule has 5 heteroatoms. The molecule has 0 spiro atoms. The molecule has 1 saturated heterocycles. The molecule has 0 aromatic heterocycles. The maximum Gasteiger partial charge on any atom is 0.410 e. The summed E-state index contributed by atoms with van der Waals surface area (Å²) in [5.41, 5.74) is 7.00. The predicted octanol–water partition coefficient (Wildman–Crippen LogP) is 3.47. The van der Waals surface area contributed by atoms with E-state index in [-0.39, 0.29) is 12.1 Å². The molecule has 2 atom stereocenters. The Morgan fingerprint density at radius 2 is 2.23 bits per heavy atom. The second-order valence-corrected chi connectivity index (χ2v) is 7.41. The minimum atomic E-state index is -0.460. The van der Waals surface area contributed by atoms with Gasteiger partial charge in [-0.2, -0.15) is 0 Å². The number of amides is 1. The molecule has 1 aromatic carbocycles. The van der Waals surface area contributed by atoms with Crippen LogP contribution in [0.5, 0.6) is 0 Å². The summed E-state index contributed by atoms with van der Waals surface area (Å²) in [5, 5.41) is 0.728. The van der Waals surface area contributed by atoms with Crippen molar-refractivity contribution in [2.24, 2.45) is 11.7 Å². The summed E-state index contributed by atoms with van der Waals surface area (Å²) >= 11 is 6.00. The molecule has 2 rings (SSSR count). The highest BCUT2D eigenvalue weighted by Crippen LogP contribution is 2.23. The van der Waals surface area contributed by atoms with Crippen LogP contribution in [0, 0.1) is 5.92 Å². The van der Waals surface area contributed by atoms with Gasteiger partial charge in [-0.3, -0.25) is 0 Å². The Morgan fingerprint density at radius 3 is 2.86 bits per heavy atom. The van der Waals surface area contributed by atoms with E-state index in [1.54, 1.807) is 4.90 Å². The Bertz CT molecular complexity index is 528. The molecule has 0 aliphatic carbocycles. The van der Waals surface area contributed by atoms with Crippen LogP contribution in [0.15, 0.2) is 24.3 Å². The lowest BCUT2D eigenvalue weighted by Gasteiger charge is -2.25. The zero-order valence-corrected chi connectivity index (χ0v) is 14.3. The van der Waals surface area contributed by atoms with Crippen LogP contribution in [0.2, 0.25) is 5.02 Å². The van der Waals surface area contributed by atoms with Gasteiger partial charge in [0, 0.05) is 24.2 Å². The summed E-state index contributed by atoms with van der Waals surface area (Å²) in [4.78, 5) is 13.8. The van der Waals surface area contributed by atoms with Gasteiger partial charge in [-0.1, -0.05) is 23.7 Å². The van der Waals surface area contributed by atoms with Crippen molar-refractivity contribution in [3.63, 3.8) is 0 Å². The average molecular weight is 325 g/mol. The third-order valence-electron chi connectivity index (χ3n) is 3.84. The third kappa shape index (κ3) is 4.89. The minimum Gasteiger partial charge on any atom is -0.444 e. The van der Waals surface area contributed by atoms with Crippen LogP contribution in [0.3, 0.4) is 0 Å². The van der Waals surface area contributed by atoms with Gasteiger partial charge in [0.05, 0.1) is 0 Å². The van der Waals surface area contributed by atoms with Crippen molar-refractivity contribution in [2.45, 2.75) is 45.3 Å². The van der Waals surface area contributed by atoms with Crippen LogP contribution < -0.4 is 5.73 Å². The molecular weight excluding hydrogens is 300 g/mol. The first kappa shape index (κ1) is 17.1. The number of nitrogens with zero attached hydrogens (tertiary/aromatic N) is 1. The quantitative estimate of drug-likeness (QED) is 0.926. The monoisotopic (exact) mass is 324 g/mol. The van der Waals surface area contributed by atoms with E-state index in [0.29, 0.717) is 19.0 Å². The molecule has 1 aliphatic heterocycles. The average Bonchev–Trinajstić information content (AvgIpc) is 2.86. The smallest absolute Gasteiger partial charge is 0.410 e. The van der Waals surface area contributed by atoms with Gasteiger partial charge in [-0.05, 0) is 57.2 Å². The molecule has 122 valence electrons. The third-order valence-corrected chi connectivity index (χ3v) is 4.08. The summed E-state index contributed by atoms with van der Waals surface area (Å²) in [6.07, 6.45) is 1.44. The standard InChI is InChI=1S/C17H25ClN2O2/c1-17(2,3)22-16(21)20-8-7-13(11-20)15(19)10-12-5-4-6-14(18)9-12/h4-6,9,13,15H,7-8,10-11,19H2,1-3H3. The Morgan fingerprint density at radius 1 is 1.50 bits per heavy atom. The lowest BCUT2D eigenvalue weighted by Crippen LogP contribution is -2.38. The largest absolute Gasteiger partial charge is 0.444 e. The van der Waals surface area contributed by atoms with Gasteiger partial charge >= 0.3 is 6.09 Å². The van der Waals surface area contributed by atoms with E-state index in [9.17, 15) is 4.79 Å². The predicted molar refractivity (Wildman–Crippen MR) is 89.0 cm³/mol. The first-order valence-electron chi connectivity index (χ1n) is 7.72. The van der Waals surface area contributed by atoms with Crippen molar-refractivity contribution in [1.82, 2.24) is 4.90 Å². The molecule has 1 aliphatic rings. The zero-order valence-electron chi connectivity index (χ0n) is 13.5. The molecular formula is C17H25ClN2O2. The fourth-order valence-corrected chi connectivity index (χ4v) is 2.94. The number of rotatable bonds is 3. The summed E-state index contributed by atoms with van der Waals surface area (Å²) in [7, 11) is 0. The number of carbonyl (C=O) groups is 1. The number of nitrogens with two attached hydrogens (primary N) is 1. The van der Waals surface area contributed by atoms with E-state index in [0.717, 1.165) is 23.4 Å². The maximum atomic E-state index is 12.1. The Kier molecular flexibility index (Phi) is 5.35. The molecule has 0 saturated carbocycles. The number of benzene rings is 1. The molecule has 1 heterocycles. The van der Waals surface area contributed by atoms with Crippen molar-refractivity contribution >= 4 is 17.7 Å². The molecule has 0 bridgehead atoms. The highest BCUT2D eigenvalue weighted by Gasteiger charge is 2.32. The van der Waals surface area contributed by atoms with E-state index in [1.807, 2.05) is 45.0 Å². The number of hydrogen-bond donors (Lipinski definition) is 1. The highest BCUT2D eigenvalue weighted by atomic mass is 35.5. The van der Waals surface area contributed by atoms with Gasteiger partial charge < -0.3 is 15.4 Å². The lowest BCUT2D eigenvalue weighted by atomic mass is 9.94. The Balaban J connectivity index is 1.88. The van der Waals surface area contributed by atoms with Crippen LogP contribution in [-0.4, -0.2) is 35.7 Å². The van der Waals surface area contributed by atoms with Crippen LogP contribution in [0.4, 0.5) is 4.79 Å². The summed E-state index contributed by atoms with van der Waals surface area (Å²) < 4.78 is 5.41. The second kappa shape index (κ2) is 6.88. The van der Waals surface area contributed by atoms with Crippen LogP contribution >= 0.6 is 11.6 Å². The fraction of sp³-hybridized carbons (Fsp3) is 0.588. The topological polar surface area (TPSA) is 55.6 Å². The lowest BCUT2D eigenvalue weighted by molar-refractivity contribution is 0.0286. The number of ether oxygens (including phenoxy) is 1. The molecule has 22 heavy (non-hydrogen) atoms. The van der Waals surface area contributed by atoms with Crippen molar-refractivity contribution in [3.8, 4) is 0 Å². The molecule has 2 unspecified atom stereocenters. The number of likely N-dealkylation sites (tertiary alicyclic amines) is 1. The van der Waals surface area contributed by atoms with Gasteiger partial charge in [-0.15, -0.1) is 0 Å². The molecule has 0 radical (unpaired) electrons. The highest BCUT2D eigenvalue weighted by molar-refractivity contribution is 6.30. The Hall–Kier alpha value is -1.26. The van der Waals surface area contributed by atoms with Crippen LogP contribution in [0.1, 0.15) is 32.8 Å². The number of hydrogen-bond acceptors (Lipinski definition) is 3. The first-order chi connectivity index (χ1) is 10.2. The summed E-state index contributed by atoms with van der Waals surface area (Å²) in [5.74, 6) is 0.298. The van der Waals surface area contributed by atoms with Gasteiger partial charge in [0.15, 0.2) is 0 Å². The van der Waals surface area contributed by atoms with Crippen LogP contribution in [-0.2, 0) is 11.2 Å². The van der Waals surface area contributed by atoms with Crippen LogP contribution in [0.25, 0.3) is 0 Å². The van der Waals surface area contributed by atoms with Crippen molar-refractivity contribution in [3.05, 3.63) is 34.9 Å². The molecule has 1 amide bonds. The van der Waals surface area contributed by atoms with Crippen molar-refractivity contribution in [1.29, 1.82) is 0 Å². The molecule has 4 nitrogen and oxygen atoms in total. The molecule has 2 N–H and O–H groups in total. The minimum absolute atomic E-state index is 0.0194. The van der Waals surface area contributed by atoms with Gasteiger partial charge in [0.2, 0.25) is 0 Å². The first-order valence-corrected chi connectivity index (χ1v) is 8.10. The van der Waals surface area contributed by atoms with Crippen molar-refractivity contribution < 1.29 is 9.53 Å². The summed E-state index contributed by atoms with van der Waals surface area (Å²) in [6, 6.07) is 7.79. The number of carbonyl (C=O) groups excluding carboxylic acids is 1. The fourth-order valence-electron chi connectivity index (χ4n) is 2.73. The second-order valence-electron chi connectivity index (χ2n) is 6.97. The van der Waals surface area contributed by atoms with Gasteiger partial charge in [0.25, 0.3) is 0 Å². The van der Waals surface area contributed by atoms with Gasteiger partial charge in [-0.25, -0.2) is 4.79 Å². The number of halogens is 1. The molecule has 1 fully saturated rings. The Labute approximate surface area is 137 Å². The van der Waals surface area contributed by atoms with E-state index < -0.39 is 5.60 Å². The zero-order chi connectivity index (χ0) is 16.3. The van der Waals surface area contributed by atoms with E-state index in [1.165, 1.54) is 0 Å². The van der Waals surface area contributed by atoms with E-state index >= 15 is 0 Å². The van der Waals surface area contributed by atoms with E-state index in [4.69, 9.17) is 22.1 Å². The summed E-state index contributed by atoms with van der Waals surface area (Å²) in [6.45, 7) is 7.01. The van der Waals surface area contributed by atoms with Crippen molar-refractivity contribution in [2.75, 3.05) is 13.1 Å². The molecule has 1 aromatic rings. The van der Waals surface area contributed by atoms with E-state index in [2.05, 4.69) is 0 Å². The van der Waals surface area contributed by atoms with Gasteiger partial charge in [0.1, 0.15) is 5.60 Å². The maximum absolute atomic E-state index is 12.1. The SMILES string of the molecule is CC(C)(C)OC(=O)N1CCC(C(N)Cc2cccc(Cl)c2)C1. The normalized spacial score (nSPS) is 20.0.